The molecule has 11 heteroatoms. The lowest BCUT2D eigenvalue weighted by Crippen LogP contribution is -2.19. The third-order valence-corrected chi connectivity index (χ3v) is 4.55. The molecule has 0 saturated carbocycles. The molecule has 166 valence electrons. The maximum absolute atomic E-state index is 12.9. The van der Waals surface area contributed by atoms with Gasteiger partial charge in [0.15, 0.2) is 0 Å². The summed E-state index contributed by atoms with van der Waals surface area (Å²) < 4.78 is 44.5. The van der Waals surface area contributed by atoms with Crippen LogP contribution in [0.2, 0.25) is 5.02 Å². The number of amides is 3. The SMILES string of the molecule is Cc1nccc(Oc2ccc(NC(=O)Nc3ccc(Cl)c(C(F)(F)F)c3)cc2)c1C(N)=O. The summed E-state index contributed by atoms with van der Waals surface area (Å²) in [5.74, 6) is -0.0975. The topological polar surface area (TPSA) is 106 Å². The standard InChI is InChI=1S/C21H16ClF3N4O3/c1-11-18(19(26)30)17(8-9-27-11)32-14-5-2-12(3-6-14)28-20(31)29-13-4-7-16(22)15(10-13)21(23,24)25/h2-10H,1H3,(H2,26,30)(H2,28,29,31). The molecule has 0 atom stereocenters. The van der Waals surface area contributed by atoms with Crippen molar-refractivity contribution in [2.45, 2.75) is 13.1 Å². The molecule has 3 amide bonds. The number of nitrogens with one attached hydrogen (secondary N) is 2. The smallest absolute Gasteiger partial charge is 0.417 e. The van der Waals surface area contributed by atoms with Crippen molar-refractivity contribution >= 4 is 34.9 Å². The number of alkyl halides is 3. The second-order valence-electron chi connectivity index (χ2n) is 6.53. The Kier molecular flexibility index (Phi) is 6.54. The molecule has 0 aliphatic carbocycles. The third-order valence-electron chi connectivity index (χ3n) is 4.22. The lowest BCUT2D eigenvalue weighted by atomic mass is 10.2. The second kappa shape index (κ2) is 9.15. The van der Waals surface area contributed by atoms with Gasteiger partial charge in [-0.25, -0.2) is 4.79 Å². The first kappa shape index (κ1) is 22.9. The van der Waals surface area contributed by atoms with Crippen LogP contribution in [-0.2, 0) is 6.18 Å². The van der Waals surface area contributed by atoms with E-state index in [2.05, 4.69) is 15.6 Å². The molecular formula is C21H16ClF3N4O3. The number of hydrogen-bond donors (Lipinski definition) is 3. The van der Waals surface area contributed by atoms with Gasteiger partial charge in [0.25, 0.3) is 5.91 Å². The van der Waals surface area contributed by atoms with Crippen LogP contribution in [0.15, 0.2) is 54.7 Å². The highest BCUT2D eigenvalue weighted by atomic mass is 35.5. The van der Waals surface area contributed by atoms with Crippen molar-refractivity contribution in [3.05, 3.63) is 76.6 Å². The van der Waals surface area contributed by atoms with E-state index in [4.69, 9.17) is 22.1 Å². The summed E-state index contributed by atoms with van der Waals surface area (Å²) in [4.78, 5) is 27.8. The molecule has 3 rings (SSSR count). The zero-order valence-electron chi connectivity index (χ0n) is 16.5. The van der Waals surface area contributed by atoms with Crippen LogP contribution in [0.3, 0.4) is 0 Å². The first-order chi connectivity index (χ1) is 15.0. The van der Waals surface area contributed by atoms with Gasteiger partial charge in [-0.05, 0) is 55.5 Å². The molecule has 0 radical (unpaired) electrons. The summed E-state index contributed by atoms with van der Waals surface area (Å²) >= 11 is 5.57. The van der Waals surface area contributed by atoms with E-state index in [-0.39, 0.29) is 17.0 Å². The summed E-state index contributed by atoms with van der Waals surface area (Å²) in [6, 6.07) is 9.86. The van der Waals surface area contributed by atoms with Gasteiger partial charge in [-0.2, -0.15) is 13.2 Å². The monoisotopic (exact) mass is 464 g/mol. The maximum atomic E-state index is 12.9. The lowest BCUT2D eigenvalue weighted by molar-refractivity contribution is -0.137. The van der Waals surface area contributed by atoms with Crippen LogP contribution < -0.4 is 21.1 Å². The zero-order chi connectivity index (χ0) is 23.5. The van der Waals surface area contributed by atoms with Crippen LogP contribution in [0.5, 0.6) is 11.5 Å². The van der Waals surface area contributed by atoms with Gasteiger partial charge in [-0.15, -0.1) is 0 Å². The fourth-order valence-corrected chi connectivity index (χ4v) is 3.00. The van der Waals surface area contributed by atoms with E-state index in [0.717, 1.165) is 12.1 Å². The van der Waals surface area contributed by atoms with Gasteiger partial charge in [0.05, 0.1) is 16.3 Å². The molecule has 7 nitrogen and oxygen atoms in total. The van der Waals surface area contributed by atoms with Crippen LogP contribution in [0.25, 0.3) is 0 Å². The number of hydrogen-bond acceptors (Lipinski definition) is 4. The summed E-state index contributed by atoms with van der Waals surface area (Å²) in [6.45, 7) is 1.62. The Hall–Kier alpha value is -3.79. The third kappa shape index (κ3) is 5.46. The minimum Gasteiger partial charge on any atom is -0.456 e. The summed E-state index contributed by atoms with van der Waals surface area (Å²) in [5, 5.41) is 4.33. The van der Waals surface area contributed by atoms with Crippen molar-refractivity contribution in [3.63, 3.8) is 0 Å². The number of benzene rings is 2. The van der Waals surface area contributed by atoms with Crippen molar-refractivity contribution in [2.75, 3.05) is 10.6 Å². The number of carbonyl (C=O) groups is 2. The average Bonchev–Trinajstić information content (AvgIpc) is 2.70. The first-order valence-electron chi connectivity index (χ1n) is 9.02. The Labute approximate surface area is 185 Å². The minimum atomic E-state index is -4.65. The Morgan fingerprint density at radius 1 is 1.03 bits per heavy atom. The fourth-order valence-electron chi connectivity index (χ4n) is 2.77. The van der Waals surface area contributed by atoms with E-state index in [1.165, 1.54) is 42.6 Å². The Bertz CT molecular complexity index is 1170. The van der Waals surface area contributed by atoms with Gasteiger partial charge in [-0.1, -0.05) is 11.6 Å². The van der Waals surface area contributed by atoms with E-state index in [9.17, 15) is 22.8 Å². The van der Waals surface area contributed by atoms with Crippen LogP contribution in [0.1, 0.15) is 21.6 Å². The van der Waals surface area contributed by atoms with E-state index in [1.807, 2.05) is 0 Å². The number of anilines is 2. The molecule has 2 aromatic carbocycles. The molecule has 4 N–H and O–H groups in total. The van der Waals surface area contributed by atoms with E-state index in [1.54, 1.807) is 6.92 Å². The Morgan fingerprint density at radius 2 is 1.66 bits per heavy atom. The van der Waals surface area contributed by atoms with Gasteiger partial charge >= 0.3 is 12.2 Å². The largest absolute Gasteiger partial charge is 0.456 e. The van der Waals surface area contributed by atoms with E-state index in [0.29, 0.717) is 17.1 Å². The van der Waals surface area contributed by atoms with Crippen LogP contribution >= 0.6 is 11.6 Å². The number of urea groups is 1. The molecule has 1 aromatic heterocycles. The first-order valence-corrected chi connectivity index (χ1v) is 9.40. The number of halogens is 4. The molecular weight excluding hydrogens is 449 g/mol. The molecule has 1 heterocycles. The maximum Gasteiger partial charge on any atom is 0.417 e. The number of nitrogens with zero attached hydrogens (tertiary/aromatic N) is 1. The number of primary amides is 1. The molecule has 0 unspecified atom stereocenters. The Morgan fingerprint density at radius 3 is 2.28 bits per heavy atom. The van der Waals surface area contributed by atoms with Gasteiger partial charge in [0, 0.05) is 17.6 Å². The number of nitrogens with two attached hydrogens (primary N) is 1. The highest BCUT2D eigenvalue weighted by Gasteiger charge is 2.33. The van der Waals surface area contributed by atoms with Crippen LogP contribution in [0.4, 0.5) is 29.3 Å². The van der Waals surface area contributed by atoms with Gasteiger partial charge in [0.2, 0.25) is 0 Å². The summed E-state index contributed by atoms with van der Waals surface area (Å²) in [5.41, 5.74) is 5.15. The number of aromatic nitrogens is 1. The normalized spacial score (nSPS) is 11.0. The highest BCUT2D eigenvalue weighted by Crippen LogP contribution is 2.36. The molecule has 32 heavy (non-hydrogen) atoms. The summed E-state index contributed by atoms with van der Waals surface area (Å²) in [6.07, 6.45) is -3.18. The van der Waals surface area contributed by atoms with E-state index < -0.39 is 28.7 Å². The molecule has 0 fully saturated rings. The highest BCUT2D eigenvalue weighted by molar-refractivity contribution is 6.31. The van der Waals surface area contributed by atoms with Crippen LogP contribution in [-0.4, -0.2) is 16.9 Å². The second-order valence-corrected chi connectivity index (χ2v) is 6.94. The number of rotatable bonds is 5. The lowest BCUT2D eigenvalue weighted by Gasteiger charge is -2.13. The van der Waals surface area contributed by atoms with Crippen molar-refractivity contribution in [3.8, 4) is 11.5 Å². The van der Waals surface area contributed by atoms with Crippen molar-refractivity contribution in [2.24, 2.45) is 5.73 Å². The van der Waals surface area contributed by atoms with Crippen LogP contribution in [0, 0.1) is 6.92 Å². The molecule has 0 bridgehead atoms. The van der Waals surface area contributed by atoms with Gasteiger partial charge in [0.1, 0.15) is 17.1 Å². The Balaban J connectivity index is 1.67. The molecule has 3 aromatic rings. The average molecular weight is 465 g/mol. The molecule has 0 aliphatic rings. The number of aryl methyl sites for hydroxylation is 1. The number of pyridine rings is 1. The van der Waals surface area contributed by atoms with Crippen molar-refractivity contribution < 1.29 is 27.5 Å². The van der Waals surface area contributed by atoms with Crippen molar-refractivity contribution in [1.29, 1.82) is 0 Å². The van der Waals surface area contributed by atoms with Crippen molar-refractivity contribution in [1.82, 2.24) is 4.98 Å². The predicted octanol–water partition coefficient (Wildman–Crippen LogP) is 5.60. The van der Waals surface area contributed by atoms with E-state index >= 15 is 0 Å². The minimum absolute atomic E-state index is 0.0776. The van der Waals surface area contributed by atoms with Gasteiger partial charge in [-0.3, -0.25) is 9.78 Å². The molecule has 0 aliphatic heterocycles. The molecule has 0 spiro atoms. The zero-order valence-corrected chi connectivity index (χ0v) is 17.2. The van der Waals surface area contributed by atoms with Gasteiger partial charge < -0.3 is 21.1 Å². The molecule has 0 saturated heterocycles. The fraction of sp³-hybridized carbons (Fsp3) is 0.0952. The number of carbonyl (C=O) groups excluding carboxylic acids is 2. The quantitative estimate of drug-likeness (QED) is 0.457. The summed E-state index contributed by atoms with van der Waals surface area (Å²) in [7, 11) is 0. The number of ether oxygens (including phenoxy) is 1. The predicted molar refractivity (Wildman–Crippen MR) is 113 cm³/mol.